The third kappa shape index (κ3) is 2.99. The van der Waals surface area contributed by atoms with Crippen LogP contribution in [0.4, 0.5) is 5.82 Å². The molecule has 0 atom stereocenters. The fourth-order valence-electron chi connectivity index (χ4n) is 2.59. The van der Waals surface area contributed by atoms with Crippen LogP contribution in [0.25, 0.3) is 0 Å². The minimum Gasteiger partial charge on any atom is -0.368 e. The Bertz CT molecular complexity index is 401. The molecule has 1 aromatic rings. The van der Waals surface area contributed by atoms with E-state index in [0.717, 1.165) is 37.8 Å². The number of hydrogen-bond donors (Lipinski definition) is 2. The van der Waals surface area contributed by atoms with E-state index in [1.54, 1.807) is 6.33 Å². The maximum Gasteiger partial charge on any atom is 0.132 e. The number of anilines is 1. The van der Waals surface area contributed by atoms with Crippen molar-refractivity contribution in [1.29, 1.82) is 0 Å². The first-order chi connectivity index (χ1) is 8.93. The zero-order valence-electron chi connectivity index (χ0n) is 10.9. The summed E-state index contributed by atoms with van der Waals surface area (Å²) in [4.78, 5) is 8.86. The molecule has 3 rings (SSSR count). The second kappa shape index (κ2) is 5.65. The molecule has 18 heavy (non-hydrogen) atoms. The van der Waals surface area contributed by atoms with E-state index in [-0.39, 0.29) is 0 Å². The molecule has 1 heterocycles. The molecule has 1 aromatic heterocycles. The van der Waals surface area contributed by atoms with Crippen molar-refractivity contribution < 1.29 is 0 Å². The molecule has 0 aromatic carbocycles. The van der Waals surface area contributed by atoms with Crippen LogP contribution in [0.15, 0.2) is 6.33 Å². The van der Waals surface area contributed by atoms with E-state index in [9.17, 15) is 0 Å². The number of aromatic nitrogens is 2. The molecule has 4 heteroatoms. The number of hydrogen-bond acceptors (Lipinski definition) is 4. The topological polar surface area (TPSA) is 49.8 Å². The Labute approximate surface area is 109 Å². The first-order valence-electron chi connectivity index (χ1n) is 7.23. The molecule has 0 aliphatic heterocycles. The predicted octanol–water partition coefficient (Wildman–Crippen LogP) is 1.91. The number of aryl methyl sites for hydroxylation is 1. The Morgan fingerprint density at radius 2 is 1.94 bits per heavy atom. The highest BCUT2D eigenvalue weighted by Crippen LogP contribution is 2.23. The Balaban J connectivity index is 1.59. The van der Waals surface area contributed by atoms with Crippen molar-refractivity contribution in [3.05, 3.63) is 17.6 Å². The fraction of sp³-hybridized carbons (Fsp3) is 0.714. The quantitative estimate of drug-likeness (QED) is 0.615. The molecule has 0 saturated heterocycles. The van der Waals surface area contributed by atoms with Gasteiger partial charge in [-0.05, 0) is 38.5 Å². The van der Waals surface area contributed by atoms with Crippen molar-refractivity contribution in [3.8, 4) is 0 Å². The molecule has 0 radical (unpaired) electrons. The molecule has 2 aliphatic rings. The van der Waals surface area contributed by atoms with Crippen LogP contribution in [0.3, 0.4) is 0 Å². The average molecular weight is 246 g/mol. The number of fused-ring (bicyclic) bond motifs is 1. The second-order valence-electron chi connectivity index (χ2n) is 5.36. The maximum atomic E-state index is 4.44. The van der Waals surface area contributed by atoms with Gasteiger partial charge in [-0.1, -0.05) is 6.42 Å². The highest BCUT2D eigenvalue weighted by Gasteiger charge is 2.19. The van der Waals surface area contributed by atoms with Crippen molar-refractivity contribution in [2.75, 3.05) is 18.4 Å². The van der Waals surface area contributed by atoms with Crippen LogP contribution in [-0.2, 0) is 12.8 Å². The predicted molar refractivity (Wildman–Crippen MR) is 72.8 cm³/mol. The lowest BCUT2D eigenvalue weighted by atomic mass is 10.1. The molecule has 0 bridgehead atoms. The first kappa shape index (κ1) is 11.9. The fourth-order valence-corrected chi connectivity index (χ4v) is 2.59. The van der Waals surface area contributed by atoms with Crippen molar-refractivity contribution in [3.63, 3.8) is 0 Å². The Morgan fingerprint density at radius 1 is 1.06 bits per heavy atom. The van der Waals surface area contributed by atoms with E-state index in [1.165, 1.54) is 43.4 Å². The van der Waals surface area contributed by atoms with Gasteiger partial charge in [0.15, 0.2) is 0 Å². The molecule has 1 fully saturated rings. The van der Waals surface area contributed by atoms with Crippen LogP contribution in [0.1, 0.15) is 43.4 Å². The van der Waals surface area contributed by atoms with Gasteiger partial charge in [0, 0.05) is 30.4 Å². The second-order valence-corrected chi connectivity index (χ2v) is 5.36. The number of nitrogens with zero attached hydrogens (tertiary/aromatic N) is 2. The van der Waals surface area contributed by atoms with Crippen LogP contribution in [0.5, 0.6) is 0 Å². The van der Waals surface area contributed by atoms with E-state index in [4.69, 9.17) is 0 Å². The van der Waals surface area contributed by atoms with Crippen molar-refractivity contribution in [1.82, 2.24) is 15.3 Å². The summed E-state index contributed by atoms with van der Waals surface area (Å²) in [6.07, 6.45) is 10.5. The van der Waals surface area contributed by atoms with E-state index in [2.05, 4.69) is 20.6 Å². The van der Waals surface area contributed by atoms with Gasteiger partial charge in [0.2, 0.25) is 0 Å². The van der Waals surface area contributed by atoms with Gasteiger partial charge in [-0.25, -0.2) is 9.97 Å². The molecule has 2 N–H and O–H groups in total. The van der Waals surface area contributed by atoms with E-state index in [1.807, 2.05) is 0 Å². The monoisotopic (exact) mass is 246 g/mol. The molecule has 98 valence electrons. The van der Waals surface area contributed by atoms with Crippen LogP contribution in [0.2, 0.25) is 0 Å². The van der Waals surface area contributed by atoms with Crippen molar-refractivity contribution >= 4 is 5.82 Å². The Morgan fingerprint density at radius 3 is 2.83 bits per heavy atom. The molecule has 0 unspecified atom stereocenters. The summed E-state index contributed by atoms with van der Waals surface area (Å²) < 4.78 is 0. The van der Waals surface area contributed by atoms with Gasteiger partial charge in [0.25, 0.3) is 0 Å². The summed E-state index contributed by atoms with van der Waals surface area (Å²) >= 11 is 0. The van der Waals surface area contributed by atoms with Crippen molar-refractivity contribution in [2.24, 2.45) is 0 Å². The molecule has 4 nitrogen and oxygen atoms in total. The van der Waals surface area contributed by atoms with Gasteiger partial charge in [-0.3, -0.25) is 0 Å². The summed E-state index contributed by atoms with van der Waals surface area (Å²) in [5, 5.41) is 6.98. The van der Waals surface area contributed by atoms with Crippen LogP contribution in [-0.4, -0.2) is 29.1 Å². The Kier molecular flexibility index (Phi) is 3.74. The average Bonchev–Trinajstić information content (AvgIpc) is 3.21. The summed E-state index contributed by atoms with van der Waals surface area (Å²) in [6, 6.07) is 0.786. The van der Waals surface area contributed by atoms with E-state index in [0.29, 0.717) is 0 Å². The molecule has 2 aliphatic carbocycles. The third-order valence-corrected chi connectivity index (χ3v) is 3.80. The zero-order chi connectivity index (χ0) is 12.2. The molecule has 0 spiro atoms. The summed E-state index contributed by atoms with van der Waals surface area (Å²) in [5.74, 6) is 1.07. The summed E-state index contributed by atoms with van der Waals surface area (Å²) in [5.41, 5.74) is 2.63. The van der Waals surface area contributed by atoms with Crippen LogP contribution < -0.4 is 10.6 Å². The normalized spacial score (nSPS) is 19.1. The minimum atomic E-state index is 0.786. The first-order valence-corrected chi connectivity index (χ1v) is 7.23. The van der Waals surface area contributed by atoms with Crippen molar-refractivity contribution in [2.45, 2.75) is 51.0 Å². The lowest BCUT2D eigenvalue weighted by molar-refractivity contribution is 0.699. The maximum absolute atomic E-state index is 4.44. The molecule has 1 saturated carbocycles. The van der Waals surface area contributed by atoms with Crippen LogP contribution >= 0.6 is 0 Å². The molecular formula is C14H22N4. The van der Waals surface area contributed by atoms with Gasteiger partial charge in [-0.15, -0.1) is 0 Å². The van der Waals surface area contributed by atoms with E-state index < -0.39 is 0 Å². The van der Waals surface area contributed by atoms with Gasteiger partial charge in [0.1, 0.15) is 12.1 Å². The zero-order valence-corrected chi connectivity index (χ0v) is 10.9. The largest absolute Gasteiger partial charge is 0.368 e. The SMILES string of the molecule is c1nc2c(c(NCCNC3CC3)n1)CCCCC2. The number of rotatable bonds is 5. The molecule has 0 amide bonds. The van der Waals surface area contributed by atoms with Crippen LogP contribution in [0, 0.1) is 0 Å². The summed E-state index contributed by atoms with van der Waals surface area (Å²) in [6.45, 7) is 1.99. The third-order valence-electron chi connectivity index (χ3n) is 3.80. The molecular weight excluding hydrogens is 224 g/mol. The van der Waals surface area contributed by atoms with Gasteiger partial charge in [-0.2, -0.15) is 0 Å². The number of nitrogens with one attached hydrogen (secondary N) is 2. The lowest BCUT2D eigenvalue weighted by Gasteiger charge is -2.12. The highest BCUT2D eigenvalue weighted by molar-refractivity contribution is 5.46. The Hall–Kier alpha value is -1.16. The summed E-state index contributed by atoms with van der Waals surface area (Å²) in [7, 11) is 0. The van der Waals surface area contributed by atoms with Gasteiger partial charge >= 0.3 is 0 Å². The van der Waals surface area contributed by atoms with Gasteiger partial charge < -0.3 is 10.6 Å². The van der Waals surface area contributed by atoms with Gasteiger partial charge in [0.05, 0.1) is 0 Å². The highest BCUT2D eigenvalue weighted by atomic mass is 15.0. The van der Waals surface area contributed by atoms with E-state index >= 15 is 0 Å². The minimum absolute atomic E-state index is 0.786. The lowest BCUT2D eigenvalue weighted by Crippen LogP contribution is -2.24. The smallest absolute Gasteiger partial charge is 0.132 e. The standard InChI is InChI=1S/C14H22N4/c1-2-4-12-13(5-3-1)17-10-18-14(12)16-9-8-15-11-6-7-11/h10-11,15H,1-9H2,(H,16,17,18).